The van der Waals surface area contributed by atoms with Crippen molar-refractivity contribution >= 4 is 0 Å². The third-order valence-electron chi connectivity index (χ3n) is 2.59. The van der Waals surface area contributed by atoms with Crippen LogP contribution in [0.15, 0.2) is 24.3 Å². The Morgan fingerprint density at radius 2 is 1.89 bits per heavy atom. The molecule has 0 saturated carbocycles. The van der Waals surface area contributed by atoms with E-state index in [0.717, 1.165) is 0 Å². The molecule has 0 atom stereocenters. The van der Waals surface area contributed by atoms with Gasteiger partial charge in [-0.25, -0.2) is 0 Å². The van der Waals surface area contributed by atoms with Crippen LogP contribution < -0.4 is 10.1 Å². The molecule has 6 heteroatoms. The third-order valence-corrected chi connectivity index (χ3v) is 2.59. The molecule has 3 N–H and O–H groups in total. The van der Waals surface area contributed by atoms with Gasteiger partial charge < -0.3 is 20.3 Å². The Kier molecular flexibility index (Phi) is 5.46. The largest absolute Gasteiger partial charge is 0.434 e. The van der Waals surface area contributed by atoms with Crippen molar-refractivity contribution < 1.29 is 23.7 Å². The molecule has 0 aliphatic heterocycles. The fraction of sp³-hybridized carbons (Fsp3) is 0.500. The van der Waals surface area contributed by atoms with Crippen molar-refractivity contribution in [2.75, 3.05) is 13.2 Å². The summed E-state index contributed by atoms with van der Waals surface area (Å²) in [6.07, 6.45) is 0. The van der Waals surface area contributed by atoms with Crippen LogP contribution in [0.25, 0.3) is 0 Å². The van der Waals surface area contributed by atoms with Gasteiger partial charge in [-0.2, -0.15) is 8.78 Å². The molecule has 4 nitrogen and oxygen atoms in total. The molecule has 1 aromatic carbocycles. The maximum Gasteiger partial charge on any atom is 0.387 e. The predicted octanol–water partition coefficient (Wildman–Crippen LogP) is 1.12. The number of hydrogen-bond acceptors (Lipinski definition) is 4. The van der Waals surface area contributed by atoms with Crippen molar-refractivity contribution in [2.45, 2.75) is 25.6 Å². The van der Waals surface area contributed by atoms with Crippen LogP contribution in [0.5, 0.6) is 5.75 Å². The Morgan fingerprint density at radius 1 is 1.28 bits per heavy atom. The van der Waals surface area contributed by atoms with E-state index in [0.29, 0.717) is 5.56 Å². The summed E-state index contributed by atoms with van der Waals surface area (Å²) in [5, 5.41) is 21.1. The molecule has 102 valence electrons. The molecular formula is C12H17F2NO3. The van der Waals surface area contributed by atoms with E-state index in [2.05, 4.69) is 10.1 Å². The number of ether oxygens (including phenoxy) is 1. The number of para-hydroxylation sites is 1. The average molecular weight is 261 g/mol. The Hall–Kier alpha value is -1.24. The van der Waals surface area contributed by atoms with Crippen LogP contribution in [0.3, 0.4) is 0 Å². The van der Waals surface area contributed by atoms with Gasteiger partial charge in [-0.1, -0.05) is 18.2 Å². The van der Waals surface area contributed by atoms with Crippen molar-refractivity contribution in [3.05, 3.63) is 29.8 Å². The zero-order valence-electron chi connectivity index (χ0n) is 10.1. The minimum Gasteiger partial charge on any atom is -0.434 e. The van der Waals surface area contributed by atoms with E-state index in [1.807, 2.05) is 0 Å². The van der Waals surface area contributed by atoms with Gasteiger partial charge in [0.1, 0.15) is 5.75 Å². The number of hydrogen-bond donors (Lipinski definition) is 3. The highest BCUT2D eigenvalue weighted by atomic mass is 19.3. The zero-order valence-corrected chi connectivity index (χ0v) is 10.1. The van der Waals surface area contributed by atoms with Crippen molar-refractivity contribution in [1.29, 1.82) is 0 Å². The van der Waals surface area contributed by atoms with Crippen molar-refractivity contribution in [3.63, 3.8) is 0 Å². The van der Waals surface area contributed by atoms with Gasteiger partial charge in [-0.15, -0.1) is 0 Å². The molecule has 0 heterocycles. The van der Waals surface area contributed by atoms with Crippen molar-refractivity contribution in [2.24, 2.45) is 0 Å². The van der Waals surface area contributed by atoms with Crippen LogP contribution in [0.4, 0.5) is 8.78 Å². The quantitative estimate of drug-likeness (QED) is 0.688. The van der Waals surface area contributed by atoms with Crippen LogP contribution in [-0.4, -0.2) is 35.6 Å². The van der Waals surface area contributed by atoms with Crippen molar-refractivity contribution in [1.82, 2.24) is 5.32 Å². The predicted molar refractivity (Wildman–Crippen MR) is 62.5 cm³/mol. The van der Waals surface area contributed by atoms with E-state index in [9.17, 15) is 8.78 Å². The molecule has 0 bridgehead atoms. The van der Waals surface area contributed by atoms with Crippen LogP contribution in [-0.2, 0) is 6.54 Å². The molecule has 0 aromatic heterocycles. The molecule has 1 rings (SSSR count). The second-order valence-electron chi connectivity index (χ2n) is 4.22. The number of benzene rings is 1. The smallest absolute Gasteiger partial charge is 0.387 e. The van der Waals surface area contributed by atoms with Gasteiger partial charge >= 0.3 is 6.61 Å². The first-order valence-electron chi connectivity index (χ1n) is 5.50. The van der Waals surface area contributed by atoms with Gasteiger partial charge in [0.05, 0.1) is 18.8 Å². The van der Waals surface area contributed by atoms with E-state index in [1.165, 1.54) is 6.07 Å². The molecule has 0 aliphatic carbocycles. The Morgan fingerprint density at radius 3 is 2.44 bits per heavy atom. The monoisotopic (exact) mass is 261 g/mol. The van der Waals surface area contributed by atoms with Gasteiger partial charge in [0.15, 0.2) is 0 Å². The van der Waals surface area contributed by atoms with Crippen LogP contribution in [0, 0.1) is 0 Å². The highest BCUT2D eigenvalue weighted by molar-refractivity contribution is 5.33. The minimum absolute atomic E-state index is 0.0817. The average Bonchev–Trinajstić information content (AvgIpc) is 2.37. The summed E-state index contributed by atoms with van der Waals surface area (Å²) < 4.78 is 28.7. The van der Waals surface area contributed by atoms with E-state index < -0.39 is 12.2 Å². The number of halogens is 2. The topological polar surface area (TPSA) is 61.7 Å². The highest BCUT2D eigenvalue weighted by Crippen LogP contribution is 2.20. The van der Waals surface area contributed by atoms with Crippen molar-refractivity contribution in [3.8, 4) is 5.75 Å². The maximum absolute atomic E-state index is 12.2. The number of alkyl halides is 2. The summed E-state index contributed by atoms with van der Waals surface area (Å²) in [5.74, 6) is 0.0817. The molecule has 0 unspecified atom stereocenters. The molecule has 0 radical (unpaired) electrons. The summed E-state index contributed by atoms with van der Waals surface area (Å²) in [6.45, 7) is -1.57. The lowest BCUT2D eigenvalue weighted by Gasteiger charge is -2.26. The van der Waals surface area contributed by atoms with Gasteiger partial charge in [0, 0.05) is 12.1 Å². The number of aliphatic hydroxyl groups excluding tert-OH is 2. The molecule has 18 heavy (non-hydrogen) atoms. The number of rotatable bonds is 7. The first-order valence-corrected chi connectivity index (χ1v) is 5.50. The SMILES string of the molecule is CC(CO)(CO)NCc1ccccc1OC(F)F. The number of aliphatic hydroxyl groups is 2. The van der Waals surface area contributed by atoms with Crippen LogP contribution in [0.2, 0.25) is 0 Å². The molecule has 0 saturated heterocycles. The number of nitrogens with one attached hydrogen (secondary N) is 1. The van der Waals surface area contributed by atoms with E-state index in [4.69, 9.17) is 10.2 Å². The molecule has 0 spiro atoms. The minimum atomic E-state index is -2.88. The molecule has 0 amide bonds. The van der Waals surface area contributed by atoms with Gasteiger partial charge in [-0.05, 0) is 13.0 Å². The van der Waals surface area contributed by atoms with Crippen LogP contribution >= 0.6 is 0 Å². The summed E-state index contributed by atoms with van der Waals surface area (Å²) in [5.41, 5.74) is -0.330. The highest BCUT2D eigenvalue weighted by Gasteiger charge is 2.22. The van der Waals surface area contributed by atoms with E-state index >= 15 is 0 Å². The molecular weight excluding hydrogens is 244 g/mol. The lowest BCUT2D eigenvalue weighted by atomic mass is 10.0. The fourth-order valence-electron chi connectivity index (χ4n) is 1.33. The zero-order chi connectivity index (χ0) is 13.6. The second kappa shape index (κ2) is 6.63. The Balaban J connectivity index is 2.72. The Labute approximate surface area is 104 Å². The van der Waals surface area contributed by atoms with E-state index in [1.54, 1.807) is 25.1 Å². The first-order chi connectivity index (χ1) is 8.50. The standard InChI is InChI=1S/C12H17F2NO3/c1-12(7-16,8-17)15-6-9-4-2-3-5-10(9)18-11(13)14/h2-5,11,15-17H,6-8H2,1H3. The second-order valence-corrected chi connectivity index (χ2v) is 4.22. The van der Waals surface area contributed by atoms with Gasteiger partial charge in [0.2, 0.25) is 0 Å². The maximum atomic E-state index is 12.2. The lowest BCUT2D eigenvalue weighted by Crippen LogP contribution is -2.48. The summed E-state index contributed by atoms with van der Waals surface area (Å²) in [6, 6.07) is 6.38. The van der Waals surface area contributed by atoms with Crippen LogP contribution in [0.1, 0.15) is 12.5 Å². The lowest BCUT2D eigenvalue weighted by molar-refractivity contribution is -0.0506. The summed E-state index contributed by atoms with van der Waals surface area (Å²) in [4.78, 5) is 0. The molecule has 0 fully saturated rings. The normalized spacial score (nSPS) is 11.9. The van der Waals surface area contributed by atoms with Gasteiger partial charge in [-0.3, -0.25) is 0 Å². The molecule has 0 aliphatic rings. The Bertz CT molecular complexity index is 370. The summed E-state index contributed by atoms with van der Waals surface area (Å²) in [7, 11) is 0. The molecule has 1 aromatic rings. The first kappa shape index (κ1) is 14.8. The summed E-state index contributed by atoms with van der Waals surface area (Å²) >= 11 is 0. The van der Waals surface area contributed by atoms with Gasteiger partial charge in [0.25, 0.3) is 0 Å². The van der Waals surface area contributed by atoms with E-state index in [-0.39, 0.29) is 25.5 Å². The third kappa shape index (κ3) is 4.21. The fourth-order valence-corrected chi connectivity index (χ4v) is 1.33.